The van der Waals surface area contributed by atoms with Gasteiger partial charge in [-0.2, -0.15) is 13.2 Å². The molecule has 5 nitrogen and oxygen atoms in total. The van der Waals surface area contributed by atoms with Crippen LogP contribution < -0.4 is 5.32 Å². The van der Waals surface area contributed by atoms with Gasteiger partial charge in [-0.05, 0) is 49.8 Å². The van der Waals surface area contributed by atoms with Crippen molar-refractivity contribution in [1.29, 1.82) is 0 Å². The van der Waals surface area contributed by atoms with Crippen molar-refractivity contribution in [3.05, 3.63) is 66.0 Å². The fourth-order valence-electron chi connectivity index (χ4n) is 5.97. The van der Waals surface area contributed by atoms with Crippen molar-refractivity contribution in [2.45, 2.75) is 69.4 Å². The molecule has 34 heavy (non-hydrogen) atoms. The molecule has 2 aliphatic heterocycles. The fraction of sp³-hybridized carbons (Fsp3) is 0.462. The summed E-state index contributed by atoms with van der Waals surface area (Å²) in [5.41, 5.74) is 2.02. The van der Waals surface area contributed by atoms with Gasteiger partial charge in [-0.3, -0.25) is 9.69 Å². The number of hydrogen-bond donors (Lipinski definition) is 1. The minimum Gasteiger partial charge on any atom is -0.349 e. The largest absolute Gasteiger partial charge is 0.449 e. The number of carbonyl (C=O) groups excluding carboxylic acids is 1. The first-order valence-corrected chi connectivity index (χ1v) is 11.9. The Morgan fingerprint density at radius 2 is 1.68 bits per heavy atom. The lowest BCUT2D eigenvalue weighted by Gasteiger charge is -2.40. The maximum absolute atomic E-state index is 13.9. The van der Waals surface area contributed by atoms with Gasteiger partial charge in [-0.1, -0.05) is 42.5 Å². The number of aromatic nitrogens is 2. The van der Waals surface area contributed by atoms with Crippen molar-refractivity contribution in [1.82, 2.24) is 19.8 Å². The molecule has 0 unspecified atom stereocenters. The molecule has 0 radical (unpaired) electrons. The van der Waals surface area contributed by atoms with E-state index >= 15 is 0 Å². The van der Waals surface area contributed by atoms with E-state index in [1.165, 1.54) is 11.5 Å². The number of alkyl halides is 3. The van der Waals surface area contributed by atoms with E-state index in [2.05, 4.69) is 15.2 Å². The van der Waals surface area contributed by atoms with Crippen molar-refractivity contribution >= 4 is 16.9 Å². The Morgan fingerprint density at radius 3 is 2.32 bits per heavy atom. The van der Waals surface area contributed by atoms with E-state index in [0.29, 0.717) is 23.9 Å². The number of halogens is 3. The Labute approximate surface area is 197 Å². The number of nitrogens with zero attached hydrogens (tertiary/aromatic N) is 3. The monoisotopic (exact) mass is 470 g/mol. The number of carbonyl (C=O) groups is 1. The first-order valence-electron chi connectivity index (χ1n) is 11.9. The van der Waals surface area contributed by atoms with Gasteiger partial charge in [0.2, 0.25) is 11.7 Å². The molecule has 4 atom stereocenters. The highest BCUT2D eigenvalue weighted by Gasteiger charge is 2.45. The number of nitrogens with one attached hydrogen (secondary N) is 1. The summed E-state index contributed by atoms with van der Waals surface area (Å²) in [5, 5.41) is 3.06. The number of amides is 1. The first-order chi connectivity index (χ1) is 16.3. The Morgan fingerprint density at radius 1 is 1.03 bits per heavy atom. The van der Waals surface area contributed by atoms with Crippen molar-refractivity contribution in [3.63, 3.8) is 0 Å². The van der Waals surface area contributed by atoms with Crippen LogP contribution in [0.15, 0.2) is 54.6 Å². The van der Waals surface area contributed by atoms with Gasteiger partial charge in [0.25, 0.3) is 0 Å². The summed E-state index contributed by atoms with van der Waals surface area (Å²) in [6.45, 7) is 2.33. The number of imidazole rings is 1. The summed E-state index contributed by atoms with van der Waals surface area (Å²) >= 11 is 0. The quantitative estimate of drug-likeness (QED) is 0.518. The summed E-state index contributed by atoms with van der Waals surface area (Å²) in [4.78, 5) is 18.2. The smallest absolute Gasteiger partial charge is 0.349 e. The minimum atomic E-state index is -4.49. The van der Waals surface area contributed by atoms with Crippen molar-refractivity contribution < 1.29 is 18.0 Å². The summed E-state index contributed by atoms with van der Waals surface area (Å²) in [5.74, 6) is -0.858. The third-order valence-corrected chi connectivity index (χ3v) is 7.33. The van der Waals surface area contributed by atoms with Crippen LogP contribution in [0.2, 0.25) is 0 Å². The molecule has 0 saturated carbocycles. The van der Waals surface area contributed by atoms with Crippen molar-refractivity contribution in [2.24, 2.45) is 0 Å². The molecule has 1 aromatic heterocycles. The van der Waals surface area contributed by atoms with Crippen LogP contribution in [0, 0.1) is 0 Å². The predicted octanol–water partition coefficient (Wildman–Crippen LogP) is 5.49. The SMILES string of the molecule is CC(=O)N[C@@H](CCN1[C@@H]2CC[C@H]1C[C@H](n1c(C(F)(F)F)nc3ccccc31)C2)c1ccccc1. The van der Waals surface area contributed by atoms with Crippen LogP contribution in [0.5, 0.6) is 0 Å². The number of para-hydroxylation sites is 2. The molecule has 3 aromatic rings. The van der Waals surface area contributed by atoms with Gasteiger partial charge in [0.1, 0.15) is 0 Å². The molecule has 2 aromatic carbocycles. The highest BCUT2D eigenvalue weighted by Crippen LogP contribution is 2.44. The third-order valence-electron chi connectivity index (χ3n) is 7.33. The van der Waals surface area contributed by atoms with Crippen LogP contribution in [0.4, 0.5) is 13.2 Å². The molecule has 180 valence electrons. The molecule has 0 aliphatic carbocycles. The molecular weight excluding hydrogens is 441 g/mol. The Kier molecular flexibility index (Phi) is 6.10. The lowest BCUT2D eigenvalue weighted by Crippen LogP contribution is -2.45. The van der Waals surface area contributed by atoms with E-state index in [0.717, 1.165) is 31.4 Å². The van der Waals surface area contributed by atoms with Crippen LogP contribution in [0.25, 0.3) is 11.0 Å². The summed E-state index contributed by atoms with van der Waals surface area (Å²) in [7, 11) is 0. The molecule has 2 saturated heterocycles. The van der Waals surface area contributed by atoms with Gasteiger partial charge in [-0.25, -0.2) is 4.98 Å². The molecule has 1 N–H and O–H groups in total. The molecule has 2 aliphatic rings. The van der Waals surface area contributed by atoms with Crippen LogP contribution in [-0.2, 0) is 11.0 Å². The van der Waals surface area contributed by atoms with E-state index in [9.17, 15) is 18.0 Å². The highest BCUT2D eigenvalue weighted by molar-refractivity contribution is 5.76. The number of rotatable bonds is 6. The van der Waals surface area contributed by atoms with Gasteiger partial charge >= 0.3 is 6.18 Å². The highest BCUT2D eigenvalue weighted by atomic mass is 19.4. The van der Waals surface area contributed by atoms with Gasteiger partial charge in [0, 0.05) is 31.6 Å². The van der Waals surface area contributed by atoms with Gasteiger partial charge in [-0.15, -0.1) is 0 Å². The van der Waals surface area contributed by atoms with Crippen LogP contribution in [-0.4, -0.2) is 39.0 Å². The van der Waals surface area contributed by atoms with Crippen LogP contribution in [0.3, 0.4) is 0 Å². The molecule has 2 fully saturated rings. The van der Waals surface area contributed by atoms with Crippen molar-refractivity contribution in [2.75, 3.05) is 6.54 Å². The van der Waals surface area contributed by atoms with Crippen molar-refractivity contribution in [3.8, 4) is 0 Å². The van der Waals surface area contributed by atoms with E-state index in [1.54, 1.807) is 24.3 Å². The summed E-state index contributed by atoms with van der Waals surface area (Å²) in [6.07, 6.45) is -0.387. The lowest BCUT2D eigenvalue weighted by molar-refractivity contribution is -0.148. The molecule has 3 heterocycles. The zero-order valence-electron chi connectivity index (χ0n) is 19.1. The van der Waals surface area contributed by atoms with Gasteiger partial charge in [0.15, 0.2) is 0 Å². The molecule has 1 amide bonds. The van der Waals surface area contributed by atoms with E-state index in [4.69, 9.17) is 0 Å². The Balaban J connectivity index is 1.35. The molecule has 0 spiro atoms. The lowest BCUT2D eigenvalue weighted by atomic mass is 9.95. The van der Waals surface area contributed by atoms with E-state index in [1.807, 2.05) is 30.3 Å². The second kappa shape index (κ2) is 9.06. The van der Waals surface area contributed by atoms with Crippen LogP contribution in [0.1, 0.15) is 62.5 Å². The maximum Gasteiger partial charge on any atom is 0.449 e. The van der Waals surface area contributed by atoms with E-state index < -0.39 is 12.0 Å². The topological polar surface area (TPSA) is 50.2 Å². The molecule has 8 heteroatoms. The van der Waals surface area contributed by atoms with Gasteiger partial charge < -0.3 is 9.88 Å². The second-order valence-electron chi connectivity index (χ2n) is 9.49. The first kappa shape index (κ1) is 22.9. The Hall–Kier alpha value is -2.87. The number of benzene rings is 2. The van der Waals surface area contributed by atoms with E-state index in [-0.39, 0.29) is 30.1 Å². The average Bonchev–Trinajstić information content (AvgIpc) is 3.31. The minimum absolute atomic E-state index is 0.0674. The molecular formula is C26H29F3N4O. The Bertz CT molecular complexity index is 1150. The maximum atomic E-state index is 13.9. The average molecular weight is 471 g/mol. The standard InChI is InChI=1S/C26H29F3N4O/c1-17(34)30-22(18-7-3-2-4-8-18)13-14-32-19-11-12-20(32)16-21(15-19)33-24-10-6-5-9-23(24)31-25(33)26(27,28)29/h2-10,19-22H,11-16H2,1H3,(H,30,34)/t19-,20+,21-,22-/m0/s1. The fourth-order valence-corrected chi connectivity index (χ4v) is 5.97. The zero-order chi connectivity index (χ0) is 23.9. The summed E-state index contributed by atoms with van der Waals surface area (Å²) < 4.78 is 43.1. The number of hydrogen-bond acceptors (Lipinski definition) is 3. The zero-order valence-corrected chi connectivity index (χ0v) is 19.1. The third kappa shape index (κ3) is 4.43. The molecule has 2 bridgehead atoms. The second-order valence-corrected chi connectivity index (χ2v) is 9.49. The normalized spacial score (nSPS) is 23.8. The molecule has 5 rings (SSSR count). The number of piperidine rings is 1. The summed E-state index contributed by atoms with van der Waals surface area (Å²) in [6, 6.07) is 17.0. The van der Waals surface area contributed by atoms with Gasteiger partial charge in [0.05, 0.1) is 17.1 Å². The number of fused-ring (bicyclic) bond motifs is 3. The predicted molar refractivity (Wildman–Crippen MR) is 124 cm³/mol. The van der Waals surface area contributed by atoms with Crippen LogP contribution >= 0.6 is 0 Å².